The Kier molecular flexibility index (Phi) is 7.87. The number of nitrogens with one attached hydrogen (secondary N) is 1. The van der Waals surface area contributed by atoms with Crippen LogP contribution in [-0.4, -0.2) is 40.3 Å². The van der Waals surface area contributed by atoms with Crippen molar-refractivity contribution in [1.29, 1.82) is 0 Å². The minimum atomic E-state index is -3.57. The summed E-state index contributed by atoms with van der Waals surface area (Å²) < 4.78 is 30.8. The second-order valence-electron chi connectivity index (χ2n) is 6.70. The SMILES string of the molecule is CCCc1ccc(OCCNC(=O)CN(c2ccc(C)cc2)S(C)(=O)=O)cc1. The van der Waals surface area contributed by atoms with Gasteiger partial charge in [0, 0.05) is 0 Å². The topological polar surface area (TPSA) is 75.7 Å². The third kappa shape index (κ3) is 6.88. The summed E-state index contributed by atoms with van der Waals surface area (Å²) in [4.78, 5) is 12.2. The van der Waals surface area contributed by atoms with E-state index in [0.29, 0.717) is 18.8 Å². The molecule has 0 saturated carbocycles. The number of carbonyl (C=O) groups is 1. The molecule has 0 aliphatic carbocycles. The number of hydrogen-bond donors (Lipinski definition) is 1. The monoisotopic (exact) mass is 404 g/mol. The van der Waals surface area contributed by atoms with E-state index in [2.05, 4.69) is 12.2 Å². The van der Waals surface area contributed by atoms with Crippen LogP contribution < -0.4 is 14.4 Å². The van der Waals surface area contributed by atoms with Crippen molar-refractivity contribution in [3.63, 3.8) is 0 Å². The normalized spacial score (nSPS) is 11.1. The van der Waals surface area contributed by atoms with E-state index in [-0.39, 0.29) is 12.5 Å². The summed E-state index contributed by atoms with van der Waals surface area (Å²) in [6.45, 7) is 4.38. The molecule has 2 aromatic rings. The Balaban J connectivity index is 1.83. The third-order valence-electron chi connectivity index (χ3n) is 4.16. The first-order valence-corrected chi connectivity index (χ1v) is 11.2. The number of nitrogens with zero attached hydrogens (tertiary/aromatic N) is 1. The molecular weight excluding hydrogens is 376 g/mol. The number of aryl methyl sites for hydroxylation is 2. The van der Waals surface area contributed by atoms with Gasteiger partial charge >= 0.3 is 0 Å². The summed E-state index contributed by atoms with van der Waals surface area (Å²) in [6.07, 6.45) is 3.22. The van der Waals surface area contributed by atoms with Crippen LogP contribution in [0.4, 0.5) is 5.69 Å². The second kappa shape index (κ2) is 10.1. The van der Waals surface area contributed by atoms with Crippen molar-refractivity contribution in [2.75, 3.05) is 30.3 Å². The molecule has 1 N–H and O–H groups in total. The minimum absolute atomic E-state index is 0.270. The van der Waals surface area contributed by atoms with Gasteiger partial charge in [-0.1, -0.05) is 43.2 Å². The highest BCUT2D eigenvalue weighted by atomic mass is 32.2. The van der Waals surface area contributed by atoms with Gasteiger partial charge in [0.1, 0.15) is 18.9 Å². The lowest BCUT2D eigenvalue weighted by Gasteiger charge is -2.22. The lowest BCUT2D eigenvalue weighted by molar-refractivity contribution is -0.119. The van der Waals surface area contributed by atoms with Crippen molar-refractivity contribution in [1.82, 2.24) is 5.32 Å². The summed E-state index contributed by atoms with van der Waals surface area (Å²) in [5.74, 6) is 0.361. The molecule has 7 heteroatoms. The molecule has 2 aromatic carbocycles. The van der Waals surface area contributed by atoms with Gasteiger partial charge in [-0.2, -0.15) is 0 Å². The zero-order chi connectivity index (χ0) is 20.6. The molecule has 0 unspecified atom stereocenters. The molecule has 2 rings (SSSR count). The number of rotatable bonds is 10. The summed E-state index contributed by atoms with van der Waals surface area (Å²) >= 11 is 0. The third-order valence-corrected chi connectivity index (χ3v) is 5.31. The number of benzene rings is 2. The molecule has 0 aromatic heterocycles. The molecule has 0 spiro atoms. The molecule has 6 nitrogen and oxygen atoms in total. The van der Waals surface area contributed by atoms with Crippen molar-refractivity contribution < 1.29 is 17.9 Å². The number of amides is 1. The predicted octanol–water partition coefficient (Wildman–Crippen LogP) is 2.91. The van der Waals surface area contributed by atoms with Gasteiger partial charge in [-0.25, -0.2) is 8.42 Å². The zero-order valence-electron chi connectivity index (χ0n) is 16.6. The standard InChI is InChI=1S/C21H28N2O4S/c1-4-5-18-8-12-20(13-9-18)27-15-14-22-21(24)16-23(28(3,25)26)19-10-6-17(2)7-11-19/h6-13H,4-5,14-16H2,1-3H3,(H,22,24). The van der Waals surface area contributed by atoms with Crippen molar-refractivity contribution in [2.45, 2.75) is 26.7 Å². The zero-order valence-corrected chi connectivity index (χ0v) is 17.5. The van der Waals surface area contributed by atoms with E-state index in [1.165, 1.54) is 5.56 Å². The van der Waals surface area contributed by atoms with Crippen molar-refractivity contribution in [3.8, 4) is 5.75 Å². The maximum atomic E-state index is 12.2. The molecule has 152 valence electrons. The van der Waals surface area contributed by atoms with Crippen molar-refractivity contribution in [3.05, 3.63) is 59.7 Å². The van der Waals surface area contributed by atoms with Gasteiger partial charge in [0.05, 0.1) is 18.5 Å². The first-order valence-electron chi connectivity index (χ1n) is 9.32. The summed E-state index contributed by atoms with van der Waals surface area (Å²) in [5.41, 5.74) is 2.74. The van der Waals surface area contributed by atoms with Gasteiger partial charge in [-0.15, -0.1) is 0 Å². The molecule has 0 bridgehead atoms. The quantitative estimate of drug-likeness (QED) is 0.618. The lowest BCUT2D eigenvalue weighted by Crippen LogP contribution is -2.41. The van der Waals surface area contributed by atoms with Gasteiger partial charge in [0.15, 0.2) is 0 Å². The van der Waals surface area contributed by atoms with Crippen LogP contribution in [0.3, 0.4) is 0 Å². The molecule has 0 fully saturated rings. The van der Waals surface area contributed by atoms with Gasteiger partial charge < -0.3 is 10.1 Å². The molecule has 0 radical (unpaired) electrons. The molecule has 0 aliphatic rings. The molecular formula is C21H28N2O4S. The first-order chi connectivity index (χ1) is 13.3. The highest BCUT2D eigenvalue weighted by molar-refractivity contribution is 7.92. The molecule has 1 amide bonds. The average molecular weight is 405 g/mol. The number of sulfonamides is 1. The highest BCUT2D eigenvalue weighted by Crippen LogP contribution is 2.18. The average Bonchev–Trinajstić information content (AvgIpc) is 2.65. The fourth-order valence-corrected chi connectivity index (χ4v) is 3.55. The summed E-state index contributed by atoms with van der Waals surface area (Å²) in [5, 5.41) is 2.70. The maximum Gasteiger partial charge on any atom is 0.240 e. The minimum Gasteiger partial charge on any atom is -0.492 e. The van der Waals surface area contributed by atoms with Crippen LogP contribution in [0, 0.1) is 6.92 Å². The van der Waals surface area contributed by atoms with E-state index < -0.39 is 10.0 Å². The Morgan fingerprint density at radius 3 is 2.29 bits per heavy atom. The van der Waals surface area contributed by atoms with Crippen LogP contribution in [0.15, 0.2) is 48.5 Å². The Bertz CT molecular complexity index is 862. The largest absolute Gasteiger partial charge is 0.492 e. The van der Waals surface area contributed by atoms with Crippen LogP contribution in [0.5, 0.6) is 5.75 Å². The Labute approximate surface area is 167 Å². The summed E-state index contributed by atoms with van der Waals surface area (Å²) in [7, 11) is -3.57. The number of anilines is 1. The van der Waals surface area contributed by atoms with Crippen molar-refractivity contribution >= 4 is 21.6 Å². The fourth-order valence-electron chi connectivity index (χ4n) is 2.70. The fraction of sp³-hybridized carbons (Fsp3) is 0.381. The molecule has 0 heterocycles. The first kappa shape index (κ1) is 21.8. The molecule has 0 atom stereocenters. The van der Waals surface area contributed by atoms with Gasteiger partial charge in [-0.05, 0) is 43.2 Å². The van der Waals surface area contributed by atoms with E-state index >= 15 is 0 Å². The second-order valence-corrected chi connectivity index (χ2v) is 8.60. The Hall–Kier alpha value is -2.54. The number of carbonyl (C=O) groups excluding carboxylic acids is 1. The molecule has 0 aliphatic heterocycles. The molecule has 28 heavy (non-hydrogen) atoms. The highest BCUT2D eigenvalue weighted by Gasteiger charge is 2.20. The van der Waals surface area contributed by atoms with E-state index in [4.69, 9.17) is 4.74 Å². The number of ether oxygens (including phenoxy) is 1. The van der Waals surface area contributed by atoms with Crippen LogP contribution >= 0.6 is 0 Å². The van der Waals surface area contributed by atoms with Crippen LogP contribution in [0.2, 0.25) is 0 Å². The van der Waals surface area contributed by atoms with Crippen LogP contribution in [0.25, 0.3) is 0 Å². The van der Waals surface area contributed by atoms with Gasteiger partial charge in [0.2, 0.25) is 15.9 Å². The van der Waals surface area contributed by atoms with E-state index in [9.17, 15) is 13.2 Å². The maximum absolute atomic E-state index is 12.2. The Morgan fingerprint density at radius 1 is 1.07 bits per heavy atom. The number of hydrogen-bond acceptors (Lipinski definition) is 4. The predicted molar refractivity (Wildman–Crippen MR) is 112 cm³/mol. The van der Waals surface area contributed by atoms with Gasteiger partial charge in [-0.3, -0.25) is 9.10 Å². The Morgan fingerprint density at radius 2 is 1.71 bits per heavy atom. The lowest BCUT2D eigenvalue weighted by atomic mass is 10.1. The molecule has 0 saturated heterocycles. The van der Waals surface area contributed by atoms with E-state index in [1.807, 2.05) is 43.3 Å². The van der Waals surface area contributed by atoms with Crippen LogP contribution in [-0.2, 0) is 21.2 Å². The van der Waals surface area contributed by atoms with Crippen LogP contribution in [0.1, 0.15) is 24.5 Å². The van der Waals surface area contributed by atoms with E-state index in [1.54, 1.807) is 12.1 Å². The smallest absolute Gasteiger partial charge is 0.240 e. The van der Waals surface area contributed by atoms with Gasteiger partial charge in [0.25, 0.3) is 0 Å². The summed E-state index contributed by atoms with van der Waals surface area (Å²) in [6, 6.07) is 14.9. The van der Waals surface area contributed by atoms with Crippen molar-refractivity contribution in [2.24, 2.45) is 0 Å². The van der Waals surface area contributed by atoms with E-state index in [0.717, 1.165) is 34.7 Å².